The Balaban J connectivity index is 1.39. The summed E-state index contributed by atoms with van der Waals surface area (Å²) < 4.78 is 0. The predicted molar refractivity (Wildman–Crippen MR) is 89.7 cm³/mol. The van der Waals surface area contributed by atoms with E-state index >= 15 is 0 Å². The largest absolute Gasteiger partial charge is 0.312 e. The van der Waals surface area contributed by atoms with Gasteiger partial charge in [0.2, 0.25) is 0 Å². The second kappa shape index (κ2) is 7.42. The average Bonchev–Trinajstić information content (AvgIpc) is 3.08. The van der Waals surface area contributed by atoms with E-state index < -0.39 is 0 Å². The molecule has 1 saturated carbocycles. The number of hydrogen-bond acceptors (Lipinski definition) is 2. The summed E-state index contributed by atoms with van der Waals surface area (Å²) in [6.07, 6.45) is 8.16. The van der Waals surface area contributed by atoms with E-state index in [2.05, 4.69) is 47.5 Å². The molecule has 116 valence electrons. The van der Waals surface area contributed by atoms with Crippen LogP contribution < -0.4 is 5.32 Å². The summed E-state index contributed by atoms with van der Waals surface area (Å²) in [6.45, 7) is 6.17. The van der Waals surface area contributed by atoms with Crippen molar-refractivity contribution in [2.45, 2.75) is 63.5 Å². The zero-order valence-electron chi connectivity index (χ0n) is 13.4. The minimum absolute atomic E-state index is 0.708. The van der Waals surface area contributed by atoms with Gasteiger partial charge in [-0.3, -0.25) is 4.90 Å². The Labute approximate surface area is 129 Å². The van der Waals surface area contributed by atoms with Gasteiger partial charge in [0.1, 0.15) is 0 Å². The zero-order chi connectivity index (χ0) is 14.5. The molecule has 2 nitrogen and oxygen atoms in total. The summed E-state index contributed by atoms with van der Waals surface area (Å²) >= 11 is 0. The summed E-state index contributed by atoms with van der Waals surface area (Å²) in [5.74, 6) is 0.792. The number of nitrogens with one attached hydrogen (secondary N) is 1. The highest BCUT2D eigenvalue weighted by molar-refractivity contribution is 5.20. The predicted octanol–water partition coefficient (Wildman–Crippen LogP) is 3.79. The van der Waals surface area contributed by atoms with Crippen molar-refractivity contribution in [3.05, 3.63) is 35.9 Å². The highest BCUT2D eigenvalue weighted by Crippen LogP contribution is 2.32. The smallest absolute Gasteiger partial charge is 0.0192 e. The quantitative estimate of drug-likeness (QED) is 0.886. The molecule has 1 aromatic carbocycles. The summed E-state index contributed by atoms with van der Waals surface area (Å²) in [7, 11) is 0. The minimum atomic E-state index is 0.708. The summed E-state index contributed by atoms with van der Waals surface area (Å²) in [5, 5.41) is 3.83. The van der Waals surface area contributed by atoms with Crippen molar-refractivity contribution < 1.29 is 0 Å². The van der Waals surface area contributed by atoms with Gasteiger partial charge in [0.05, 0.1) is 0 Å². The van der Waals surface area contributed by atoms with Gasteiger partial charge in [-0.25, -0.2) is 0 Å². The molecule has 1 atom stereocenters. The van der Waals surface area contributed by atoms with Gasteiger partial charge < -0.3 is 5.32 Å². The Morgan fingerprint density at radius 1 is 1.05 bits per heavy atom. The van der Waals surface area contributed by atoms with Crippen molar-refractivity contribution in [3.63, 3.8) is 0 Å². The van der Waals surface area contributed by atoms with Gasteiger partial charge in [-0.1, -0.05) is 30.3 Å². The molecule has 1 unspecified atom stereocenters. The van der Waals surface area contributed by atoms with Crippen LogP contribution in [0.1, 0.15) is 56.9 Å². The third kappa shape index (κ3) is 4.08. The molecule has 1 aliphatic heterocycles. The summed E-state index contributed by atoms with van der Waals surface area (Å²) in [4.78, 5) is 2.64. The van der Waals surface area contributed by atoms with Gasteiger partial charge in [-0.05, 0) is 70.0 Å². The van der Waals surface area contributed by atoms with E-state index in [-0.39, 0.29) is 0 Å². The average molecular weight is 286 g/mol. The van der Waals surface area contributed by atoms with Gasteiger partial charge in [0.15, 0.2) is 0 Å². The number of nitrogens with zero attached hydrogens (tertiary/aromatic N) is 1. The van der Waals surface area contributed by atoms with Crippen LogP contribution in [0.15, 0.2) is 30.3 Å². The fraction of sp³-hybridized carbons (Fsp3) is 0.684. The lowest BCUT2D eigenvalue weighted by molar-refractivity contribution is 0.235. The van der Waals surface area contributed by atoms with Crippen LogP contribution in [0.3, 0.4) is 0 Å². The number of likely N-dealkylation sites (tertiary alicyclic amines) is 1. The van der Waals surface area contributed by atoms with Crippen LogP contribution in [0.2, 0.25) is 0 Å². The lowest BCUT2D eigenvalue weighted by atomic mass is 9.82. The number of benzene rings is 1. The molecule has 1 N–H and O–H groups in total. The second-order valence-electron chi connectivity index (χ2n) is 6.96. The molecule has 1 saturated heterocycles. The van der Waals surface area contributed by atoms with Crippen molar-refractivity contribution in [1.29, 1.82) is 0 Å². The van der Waals surface area contributed by atoms with E-state index in [0.29, 0.717) is 6.04 Å². The van der Waals surface area contributed by atoms with E-state index in [9.17, 15) is 0 Å². The molecule has 2 aliphatic rings. The van der Waals surface area contributed by atoms with Crippen molar-refractivity contribution in [1.82, 2.24) is 10.2 Å². The third-order valence-electron chi connectivity index (χ3n) is 5.46. The van der Waals surface area contributed by atoms with E-state index in [0.717, 1.165) is 12.0 Å². The molecular formula is C19H30N2. The van der Waals surface area contributed by atoms with E-state index in [4.69, 9.17) is 0 Å². The minimum Gasteiger partial charge on any atom is -0.312 e. The molecule has 0 amide bonds. The van der Waals surface area contributed by atoms with Crippen LogP contribution in [0.4, 0.5) is 0 Å². The molecular weight excluding hydrogens is 256 g/mol. The standard InChI is InChI=1S/C19H30N2/c1-16(21-13-5-6-14-21)15-20-19-11-9-18(10-12-19)17-7-3-2-4-8-17/h2-4,7-8,16,18-20H,5-6,9-15H2,1H3. The molecule has 0 bridgehead atoms. The fourth-order valence-electron chi connectivity index (χ4n) is 4.00. The maximum absolute atomic E-state index is 3.83. The molecule has 2 heteroatoms. The van der Waals surface area contributed by atoms with Gasteiger partial charge in [-0.2, -0.15) is 0 Å². The molecule has 2 fully saturated rings. The topological polar surface area (TPSA) is 15.3 Å². The first-order valence-corrected chi connectivity index (χ1v) is 8.85. The second-order valence-corrected chi connectivity index (χ2v) is 6.96. The third-order valence-corrected chi connectivity index (χ3v) is 5.46. The van der Waals surface area contributed by atoms with Crippen LogP contribution in [-0.4, -0.2) is 36.6 Å². The van der Waals surface area contributed by atoms with Crippen molar-refractivity contribution >= 4 is 0 Å². The van der Waals surface area contributed by atoms with E-state index in [1.807, 2.05) is 0 Å². The molecule has 0 radical (unpaired) electrons. The molecule has 3 rings (SSSR count). The maximum atomic E-state index is 3.83. The lowest BCUT2D eigenvalue weighted by Crippen LogP contribution is -2.43. The van der Waals surface area contributed by atoms with Crippen molar-refractivity contribution in [2.75, 3.05) is 19.6 Å². The Kier molecular flexibility index (Phi) is 5.32. The number of hydrogen-bond donors (Lipinski definition) is 1. The Hall–Kier alpha value is -0.860. The first-order chi connectivity index (χ1) is 10.3. The van der Waals surface area contributed by atoms with Crippen LogP contribution in [0.25, 0.3) is 0 Å². The van der Waals surface area contributed by atoms with Crippen LogP contribution in [0, 0.1) is 0 Å². The fourth-order valence-corrected chi connectivity index (χ4v) is 4.00. The lowest BCUT2D eigenvalue weighted by Gasteiger charge is -2.32. The van der Waals surface area contributed by atoms with Gasteiger partial charge >= 0.3 is 0 Å². The summed E-state index contributed by atoms with van der Waals surface area (Å²) in [6, 6.07) is 12.5. The van der Waals surface area contributed by atoms with Crippen LogP contribution >= 0.6 is 0 Å². The van der Waals surface area contributed by atoms with Gasteiger partial charge in [-0.15, -0.1) is 0 Å². The van der Waals surface area contributed by atoms with E-state index in [1.165, 1.54) is 58.2 Å². The molecule has 1 heterocycles. The van der Waals surface area contributed by atoms with E-state index in [1.54, 1.807) is 5.56 Å². The highest BCUT2D eigenvalue weighted by Gasteiger charge is 2.23. The van der Waals surface area contributed by atoms with Crippen LogP contribution in [-0.2, 0) is 0 Å². The molecule has 0 aromatic heterocycles. The SMILES string of the molecule is CC(CNC1CCC(c2ccccc2)CC1)N1CCCC1. The van der Waals surface area contributed by atoms with Crippen molar-refractivity contribution in [3.8, 4) is 0 Å². The normalized spacial score (nSPS) is 28.6. The maximum Gasteiger partial charge on any atom is 0.0192 e. The first kappa shape index (κ1) is 15.1. The first-order valence-electron chi connectivity index (χ1n) is 8.85. The Morgan fingerprint density at radius 2 is 1.71 bits per heavy atom. The molecule has 0 spiro atoms. The van der Waals surface area contributed by atoms with Crippen LogP contribution in [0.5, 0.6) is 0 Å². The Bertz CT molecular complexity index is 403. The zero-order valence-corrected chi connectivity index (χ0v) is 13.4. The highest BCUT2D eigenvalue weighted by atomic mass is 15.2. The monoisotopic (exact) mass is 286 g/mol. The van der Waals surface area contributed by atoms with Gasteiger partial charge in [0.25, 0.3) is 0 Å². The molecule has 21 heavy (non-hydrogen) atoms. The summed E-state index contributed by atoms with van der Waals surface area (Å²) in [5.41, 5.74) is 1.54. The molecule has 1 aliphatic carbocycles. The Morgan fingerprint density at radius 3 is 2.38 bits per heavy atom. The van der Waals surface area contributed by atoms with Crippen molar-refractivity contribution in [2.24, 2.45) is 0 Å². The number of rotatable bonds is 5. The molecule has 1 aromatic rings. The van der Waals surface area contributed by atoms with Gasteiger partial charge in [0, 0.05) is 18.6 Å².